The largest absolute Gasteiger partial charge is 0.465 e. The van der Waals surface area contributed by atoms with E-state index >= 15 is 0 Å². The monoisotopic (exact) mass is 581 g/mol. The molecule has 40 heavy (non-hydrogen) atoms. The first-order valence-electron chi connectivity index (χ1n) is 12.1. The fourth-order valence-corrected chi connectivity index (χ4v) is 4.64. The predicted molar refractivity (Wildman–Crippen MR) is 152 cm³/mol. The minimum Gasteiger partial charge on any atom is -0.465 e. The second kappa shape index (κ2) is 11.8. The molecule has 2 heterocycles. The molecule has 0 spiro atoms. The average molecular weight is 582 g/mol. The Kier molecular flexibility index (Phi) is 8.46. The highest BCUT2D eigenvalue weighted by Crippen LogP contribution is 2.37. The normalized spacial score (nSPS) is 14.1. The Morgan fingerprint density at radius 3 is 2.30 bits per heavy atom. The molecule has 11 heteroatoms. The van der Waals surface area contributed by atoms with E-state index in [1.807, 2.05) is 19.9 Å². The van der Waals surface area contributed by atoms with Crippen LogP contribution < -0.4 is 15.5 Å². The molecule has 9 nitrogen and oxygen atoms in total. The lowest BCUT2D eigenvalue weighted by molar-refractivity contribution is -0.136. The number of carbonyl (C=O) groups excluding carboxylic acids is 4. The van der Waals surface area contributed by atoms with Gasteiger partial charge < -0.3 is 19.8 Å². The molecule has 0 fully saturated rings. The molecule has 1 aliphatic rings. The van der Waals surface area contributed by atoms with Gasteiger partial charge in [0, 0.05) is 21.4 Å². The zero-order valence-corrected chi connectivity index (χ0v) is 23.6. The predicted octanol–water partition coefficient (Wildman–Crippen LogP) is 5.34. The van der Waals surface area contributed by atoms with E-state index in [4.69, 9.17) is 32.4 Å². The number of hydrogen-bond donors (Lipinski definition) is 2. The topological polar surface area (TPSA) is 118 Å². The number of benzene rings is 2. The molecular formula is C29H25Cl2N3O6. The second-order valence-electron chi connectivity index (χ2n) is 9.02. The number of methoxy groups -OCH3 is 1. The van der Waals surface area contributed by atoms with Gasteiger partial charge in [-0.2, -0.15) is 0 Å². The number of furan rings is 1. The summed E-state index contributed by atoms with van der Waals surface area (Å²) < 4.78 is 10.7. The van der Waals surface area contributed by atoms with E-state index in [0.717, 1.165) is 11.1 Å². The van der Waals surface area contributed by atoms with Gasteiger partial charge in [-0.25, -0.2) is 4.79 Å². The minimum absolute atomic E-state index is 0.0400. The first-order valence-corrected chi connectivity index (χ1v) is 12.8. The van der Waals surface area contributed by atoms with Crippen LogP contribution in [0.2, 0.25) is 10.0 Å². The molecule has 2 N–H and O–H groups in total. The van der Waals surface area contributed by atoms with Crippen molar-refractivity contribution in [2.45, 2.75) is 27.3 Å². The van der Waals surface area contributed by atoms with Gasteiger partial charge in [0.05, 0.1) is 30.5 Å². The summed E-state index contributed by atoms with van der Waals surface area (Å²) in [5, 5.41) is 5.69. The van der Waals surface area contributed by atoms with Crippen molar-refractivity contribution in [2.75, 3.05) is 17.3 Å². The van der Waals surface area contributed by atoms with Crippen molar-refractivity contribution in [1.29, 1.82) is 0 Å². The fraction of sp³-hybridized carbons (Fsp3) is 0.172. The zero-order valence-electron chi connectivity index (χ0n) is 22.1. The Balaban J connectivity index is 1.50. The smallest absolute Gasteiger partial charge is 0.340 e. The maximum Gasteiger partial charge on any atom is 0.340 e. The molecule has 0 saturated heterocycles. The molecule has 0 radical (unpaired) electrons. The standard InChI is InChI=1S/C29H25Cl2N3O6/c1-15-5-6-20(9-16(15)2)33-27(36)26(35)32-14-23-8-7-22(40-23)13-24-25(29(38)39-4)17(3)34(28(24)37)21-11-18(30)10-19(31)12-21/h5-13H,14H2,1-4H3,(H,32,35)(H,33,36)/b24-13+. The van der Waals surface area contributed by atoms with Crippen LogP contribution in [0.4, 0.5) is 11.4 Å². The number of allylic oxidation sites excluding steroid dienone is 1. The summed E-state index contributed by atoms with van der Waals surface area (Å²) in [6, 6.07) is 13.1. The van der Waals surface area contributed by atoms with E-state index in [0.29, 0.717) is 32.9 Å². The van der Waals surface area contributed by atoms with Crippen LogP contribution in [0.25, 0.3) is 6.08 Å². The molecule has 2 aromatic carbocycles. The van der Waals surface area contributed by atoms with Crippen molar-refractivity contribution >= 4 is 64.3 Å². The van der Waals surface area contributed by atoms with E-state index < -0.39 is 23.7 Å². The molecule has 206 valence electrons. The van der Waals surface area contributed by atoms with Gasteiger partial charge in [0.15, 0.2) is 0 Å². The van der Waals surface area contributed by atoms with Gasteiger partial charge >= 0.3 is 17.8 Å². The summed E-state index contributed by atoms with van der Waals surface area (Å²) in [6.45, 7) is 5.38. The van der Waals surface area contributed by atoms with Crippen LogP contribution in [0.3, 0.4) is 0 Å². The van der Waals surface area contributed by atoms with Crippen LogP contribution in [0.5, 0.6) is 0 Å². The number of esters is 1. The third-order valence-electron chi connectivity index (χ3n) is 6.26. The van der Waals surface area contributed by atoms with Crippen LogP contribution in [0.1, 0.15) is 29.6 Å². The van der Waals surface area contributed by atoms with Crippen molar-refractivity contribution in [1.82, 2.24) is 5.32 Å². The van der Waals surface area contributed by atoms with Gasteiger partial charge in [0.25, 0.3) is 5.91 Å². The van der Waals surface area contributed by atoms with Crippen LogP contribution in [0, 0.1) is 13.8 Å². The van der Waals surface area contributed by atoms with Crippen LogP contribution in [-0.2, 0) is 30.5 Å². The van der Waals surface area contributed by atoms with Gasteiger partial charge in [0.1, 0.15) is 11.5 Å². The molecule has 3 aromatic rings. The number of rotatable bonds is 6. The third kappa shape index (κ3) is 6.11. The lowest BCUT2D eigenvalue weighted by atomic mass is 10.1. The van der Waals surface area contributed by atoms with Crippen molar-refractivity contribution in [2.24, 2.45) is 0 Å². The van der Waals surface area contributed by atoms with Crippen molar-refractivity contribution in [3.05, 3.63) is 98.1 Å². The SMILES string of the molecule is COC(=O)C1=C(C)N(c2cc(Cl)cc(Cl)c2)C(=O)/C1=C/c1ccc(CNC(=O)C(=O)Nc2ccc(C)c(C)c2)o1. The van der Waals surface area contributed by atoms with Crippen LogP contribution >= 0.6 is 23.2 Å². The second-order valence-corrected chi connectivity index (χ2v) is 9.89. The van der Waals surface area contributed by atoms with E-state index in [9.17, 15) is 19.2 Å². The summed E-state index contributed by atoms with van der Waals surface area (Å²) in [7, 11) is 1.22. The highest BCUT2D eigenvalue weighted by atomic mass is 35.5. The van der Waals surface area contributed by atoms with Crippen LogP contribution in [-0.4, -0.2) is 30.8 Å². The van der Waals surface area contributed by atoms with Crippen molar-refractivity contribution in [3.63, 3.8) is 0 Å². The number of amides is 3. The van der Waals surface area contributed by atoms with Gasteiger partial charge in [-0.3, -0.25) is 19.3 Å². The summed E-state index contributed by atoms with van der Waals surface area (Å²) in [5.74, 6) is -2.32. The third-order valence-corrected chi connectivity index (χ3v) is 6.69. The summed E-state index contributed by atoms with van der Waals surface area (Å²) in [4.78, 5) is 52.0. The van der Waals surface area contributed by atoms with E-state index in [2.05, 4.69) is 10.6 Å². The Labute approximate surface area is 240 Å². The number of hydrogen-bond acceptors (Lipinski definition) is 6. The molecule has 4 rings (SSSR count). The number of carbonyl (C=O) groups is 4. The van der Waals surface area contributed by atoms with Crippen LogP contribution in [0.15, 0.2) is 69.8 Å². The fourth-order valence-electron chi connectivity index (χ4n) is 4.12. The number of anilines is 2. The van der Waals surface area contributed by atoms with E-state index in [1.54, 1.807) is 43.3 Å². The van der Waals surface area contributed by atoms with Crippen molar-refractivity contribution in [3.8, 4) is 0 Å². The number of nitrogens with one attached hydrogen (secondary N) is 2. The molecule has 0 saturated carbocycles. The summed E-state index contributed by atoms with van der Waals surface area (Å²) in [5.41, 5.74) is 3.36. The average Bonchev–Trinajstić information content (AvgIpc) is 3.45. The summed E-state index contributed by atoms with van der Waals surface area (Å²) in [6.07, 6.45) is 1.40. The Bertz CT molecular complexity index is 1580. The number of ether oxygens (including phenoxy) is 1. The molecule has 1 aliphatic heterocycles. The highest BCUT2D eigenvalue weighted by molar-refractivity contribution is 6.39. The maximum atomic E-state index is 13.4. The van der Waals surface area contributed by atoms with E-state index in [1.165, 1.54) is 24.2 Å². The first kappa shape index (κ1) is 28.7. The molecule has 0 aliphatic carbocycles. The summed E-state index contributed by atoms with van der Waals surface area (Å²) >= 11 is 12.3. The zero-order chi connectivity index (χ0) is 29.1. The van der Waals surface area contributed by atoms with Crippen molar-refractivity contribution < 1.29 is 28.3 Å². The number of halogens is 2. The number of aryl methyl sites for hydroxylation is 2. The molecule has 0 bridgehead atoms. The Hall–Kier alpha value is -4.34. The van der Waals surface area contributed by atoms with E-state index in [-0.39, 0.29) is 23.5 Å². The van der Waals surface area contributed by atoms with Gasteiger partial charge in [-0.15, -0.1) is 0 Å². The van der Waals surface area contributed by atoms with Gasteiger partial charge in [-0.05, 0) is 80.4 Å². The molecular weight excluding hydrogens is 557 g/mol. The molecule has 0 unspecified atom stereocenters. The van der Waals surface area contributed by atoms with Gasteiger partial charge in [-0.1, -0.05) is 29.3 Å². The molecule has 1 aromatic heterocycles. The quantitative estimate of drug-likeness (QED) is 0.230. The molecule has 3 amide bonds. The van der Waals surface area contributed by atoms with Gasteiger partial charge in [0.2, 0.25) is 0 Å². The number of nitrogens with zero attached hydrogens (tertiary/aromatic N) is 1. The highest BCUT2D eigenvalue weighted by Gasteiger charge is 2.38. The lowest BCUT2D eigenvalue weighted by Gasteiger charge is -2.18. The Morgan fingerprint density at radius 2 is 1.65 bits per heavy atom. The maximum absolute atomic E-state index is 13.4. The Morgan fingerprint density at radius 1 is 0.950 bits per heavy atom. The first-order chi connectivity index (χ1) is 19.0. The minimum atomic E-state index is -0.845. The molecule has 0 atom stereocenters. The lowest BCUT2D eigenvalue weighted by Crippen LogP contribution is -2.34.